The van der Waals surface area contributed by atoms with Gasteiger partial charge in [0.15, 0.2) is 11.5 Å². The predicted octanol–water partition coefficient (Wildman–Crippen LogP) is 2.17. The maximum absolute atomic E-state index is 6.14. The van der Waals surface area contributed by atoms with E-state index in [4.69, 9.17) is 14.2 Å². The molecule has 0 spiro atoms. The third-order valence-electron chi connectivity index (χ3n) is 4.93. The van der Waals surface area contributed by atoms with E-state index < -0.39 is 0 Å². The lowest BCUT2D eigenvalue weighted by atomic mass is 9.88. The lowest BCUT2D eigenvalue weighted by Crippen LogP contribution is -2.44. The van der Waals surface area contributed by atoms with Gasteiger partial charge < -0.3 is 24.4 Å². The van der Waals surface area contributed by atoms with Crippen LogP contribution >= 0.6 is 0 Å². The second kappa shape index (κ2) is 7.51. The fourth-order valence-electron chi connectivity index (χ4n) is 3.53. The number of benzene rings is 1. The van der Waals surface area contributed by atoms with E-state index in [1.54, 1.807) is 14.2 Å². The van der Waals surface area contributed by atoms with Crippen LogP contribution in [0.5, 0.6) is 11.5 Å². The highest BCUT2D eigenvalue weighted by molar-refractivity contribution is 5.50. The molecule has 1 aromatic carbocycles. The number of ether oxygens (including phenoxy) is 3. The Morgan fingerprint density at radius 3 is 2.43 bits per heavy atom. The first kappa shape index (κ1) is 16.6. The van der Waals surface area contributed by atoms with Crippen molar-refractivity contribution in [1.82, 2.24) is 10.2 Å². The Morgan fingerprint density at radius 2 is 1.78 bits per heavy atom. The summed E-state index contributed by atoms with van der Waals surface area (Å²) in [5.41, 5.74) is 2.59. The molecule has 3 rings (SSSR count). The highest BCUT2D eigenvalue weighted by Gasteiger charge is 2.28. The second-order valence-electron chi connectivity index (χ2n) is 6.44. The zero-order chi connectivity index (χ0) is 16.2. The van der Waals surface area contributed by atoms with Gasteiger partial charge in [-0.25, -0.2) is 0 Å². The SMILES string of the molecule is COc1cc2c(cc1OC)C(CCN1CCNCC1)OCC2C. The molecule has 0 aliphatic carbocycles. The molecule has 1 saturated heterocycles. The molecule has 128 valence electrons. The smallest absolute Gasteiger partial charge is 0.161 e. The average Bonchev–Trinajstić information content (AvgIpc) is 2.61. The van der Waals surface area contributed by atoms with Crippen LogP contribution in [0.1, 0.15) is 36.5 Å². The summed E-state index contributed by atoms with van der Waals surface area (Å²) in [7, 11) is 3.38. The molecule has 2 heterocycles. The van der Waals surface area contributed by atoms with Crippen LogP contribution in [0.25, 0.3) is 0 Å². The minimum atomic E-state index is 0.149. The van der Waals surface area contributed by atoms with Crippen LogP contribution < -0.4 is 14.8 Å². The fraction of sp³-hybridized carbons (Fsp3) is 0.667. The van der Waals surface area contributed by atoms with Gasteiger partial charge in [-0.2, -0.15) is 0 Å². The van der Waals surface area contributed by atoms with Gasteiger partial charge in [-0.3, -0.25) is 0 Å². The molecule has 2 aliphatic heterocycles. The number of rotatable bonds is 5. The standard InChI is InChI=1S/C18H28N2O3/c1-13-12-23-16(4-7-20-8-5-19-6-9-20)15-11-18(22-3)17(21-2)10-14(13)15/h10-11,13,16,19H,4-9,12H2,1-3H3. The lowest BCUT2D eigenvalue weighted by Gasteiger charge is -2.33. The first-order valence-electron chi connectivity index (χ1n) is 8.53. The van der Waals surface area contributed by atoms with Crippen LogP contribution in [-0.2, 0) is 4.74 Å². The Kier molecular flexibility index (Phi) is 5.41. The highest BCUT2D eigenvalue weighted by atomic mass is 16.5. The summed E-state index contributed by atoms with van der Waals surface area (Å²) in [6, 6.07) is 4.23. The van der Waals surface area contributed by atoms with Crippen molar-refractivity contribution < 1.29 is 14.2 Å². The summed E-state index contributed by atoms with van der Waals surface area (Å²) in [6.45, 7) is 8.48. The summed E-state index contributed by atoms with van der Waals surface area (Å²) in [4.78, 5) is 2.51. The van der Waals surface area contributed by atoms with Crippen LogP contribution in [0.15, 0.2) is 12.1 Å². The third-order valence-corrected chi connectivity index (χ3v) is 4.93. The Hall–Kier alpha value is -1.30. The van der Waals surface area contributed by atoms with E-state index in [1.807, 2.05) is 0 Å². The molecule has 1 fully saturated rings. The zero-order valence-electron chi connectivity index (χ0n) is 14.4. The van der Waals surface area contributed by atoms with Gasteiger partial charge in [-0.1, -0.05) is 6.92 Å². The maximum Gasteiger partial charge on any atom is 0.161 e. The monoisotopic (exact) mass is 320 g/mol. The Balaban J connectivity index is 1.77. The van der Waals surface area contributed by atoms with Crippen molar-refractivity contribution in [3.05, 3.63) is 23.3 Å². The molecule has 2 unspecified atom stereocenters. The summed E-state index contributed by atoms with van der Waals surface area (Å²) in [5.74, 6) is 1.98. The van der Waals surface area contributed by atoms with Crippen molar-refractivity contribution in [2.75, 3.05) is 53.6 Å². The molecule has 0 saturated carbocycles. The van der Waals surface area contributed by atoms with Crippen LogP contribution in [0.2, 0.25) is 0 Å². The van der Waals surface area contributed by atoms with Gasteiger partial charge in [0.05, 0.1) is 26.9 Å². The topological polar surface area (TPSA) is 43.0 Å². The van der Waals surface area contributed by atoms with Gasteiger partial charge in [-0.15, -0.1) is 0 Å². The maximum atomic E-state index is 6.14. The quantitative estimate of drug-likeness (QED) is 0.901. The van der Waals surface area contributed by atoms with Crippen molar-refractivity contribution >= 4 is 0 Å². The van der Waals surface area contributed by atoms with Gasteiger partial charge in [-0.05, 0) is 29.7 Å². The van der Waals surface area contributed by atoms with E-state index in [9.17, 15) is 0 Å². The number of hydrogen-bond acceptors (Lipinski definition) is 5. The normalized spacial score (nSPS) is 25.0. The summed E-state index contributed by atoms with van der Waals surface area (Å²) in [6.07, 6.45) is 1.17. The van der Waals surface area contributed by atoms with Crippen molar-refractivity contribution in [3.63, 3.8) is 0 Å². The third kappa shape index (κ3) is 3.62. The molecule has 2 atom stereocenters. The number of methoxy groups -OCH3 is 2. The molecule has 0 aromatic heterocycles. The number of piperazine rings is 1. The molecule has 5 nitrogen and oxygen atoms in total. The Bertz CT molecular complexity index is 529. The summed E-state index contributed by atoms with van der Waals surface area (Å²) < 4.78 is 17.1. The van der Waals surface area contributed by atoms with Crippen LogP contribution in [-0.4, -0.2) is 58.5 Å². The number of fused-ring (bicyclic) bond motifs is 1. The largest absolute Gasteiger partial charge is 0.493 e. The molecular weight excluding hydrogens is 292 g/mol. The highest BCUT2D eigenvalue weighted by Crippen LogP contribution is 2.41. The van der Waals surface area contributed by atoms with E-state index in [0.29, 0.717) is 5.92 Å². The fourth-order valence-corrected chi connectivity index (χ4v) is 3.53. The van der Waals surface area contributed by atoms with Crippen molar-refractivity contribution in [2.24, 2.45) is 0 Å². The molecule has 0 bridgehead atoms. The van der Waals surface area contributed by atoms with E-state index in [2.05, 4.69) is 29.3 Å². The van der Waals surface area contributed by atoms with E-state index in [-0.39, 0.29) is 6.10 Å². The van der Waals surface area contributed by atoms with Gasteiger partial charge in [0.25, 0.3) is 0 Å². The van der Waals surface area contributed by atoms with E-state index in [1.165, 1.54) is 11.1 Å². The van der Waals surface area contributed by atoms with Crippen molar-refractivity contribution in [3.8, 4) is 11.5 Å². The van der Waals surface area contributed by atoms with Gasteiger partial charge in [0, 0.05) is 38.6 Å². The predicted molar refractivity (Wildman–Crippen MR) is 90.6 cm³/mol. The Morgan fingerprint density at radius 1 is 1.13 bits per heavy atom. The zero-order valence-corrected chi connectivity index (χ0v) is 14.4. The minimum absolute atomic E-state index is 0.149. The first-order valence-corrected chi connectivity index (χ1v) is 8.53. The lowest BCUT2D eigenvalue weighted by molar-refractivity contribution is 0.0176. The minimum Gasteiger partial charge on any atom is -0.493 e. The van der Waals surface area contributed by atoms with Crippen molar-refractivity contribution in [2.45, 2.75) is 25.4 Å². The van der Waals surface area contributed by atoms with Gasteiger partial charge in [0.2, 0.25) is 0 Å². The molecule has 1 N–H and O–H groups in total. The Labute approximate surface area is 138 Å². The average molecular weight is 320 g/mol. The molecule has 0 amide bonds. The first-order chi connectivity index (χ1) is 11.2. The van der Waals surface area contributed by atoms with Crippen LogP contribution in [0.3, 0.4) is 0 Å². The van der Waals surface area contributed by atoms with E-state index in [0.717, 1.165) is 57.3 Å². The molecule has 2 aliphatic rings. The summed E-state index contributed by atoms with van der Waals surface area (Å²) in [5, 5.41) is 3.40. The van der Waals surface area contributed by atoms with Gasteiger partial charge in [0.1, 0.15) is 0 Å². The number of hydrogen-bond donors (Lipinski definition) is 1. The summed E-state index contributed by atoms with van der Waals surface area (Å²) >= 11 is 0. The molecule has 0 radical (unpaired) electrons. The van der Waals surface area contributed by atoms with Crippen LogP contribution in [0.4, 0.5) is 0 Å². The van der Waals surface area contributed by atoms with E-state index >= 15 is 0 Å². The molecule has 5 heteroatoms. The van der Waals surface area contributed by atoms with Crippen LogP contribution in [0, 0.1) is 0 Å². The molecule has 23 heavy (non-hydrogen) atoms. The number of nitrogens with zero attached hydrogens (tertiary/aromatic N) is 1. The molecular formula is C18H28N2O3. The number of nitrogens with one attached hydrogen (secondary N) is 1. The molecule has 1 aromatic rings. The van der Waals surface area contributed by atoms with Crippen molar-refractivity contribution in [1.29, 1.82) is 0 Å². The van der Waals surface area contributed by atoms with Gasteiger partial charge >= 0.3 is 0 Å². The second-order valence-corrected chi connectivity index (χ2v) is 6.44.